The monoisotopic (exact) mass is 236 g/mol. The highest BCUT2D eigenvalue weighted by Crippen LogP contribution is 2.31. The van der Waals surface area contributed by atoms with Crippen LogP contribution in [0.4, 0.5) is 0 Å². The zero-order valence-corrected chi connectivity index (χ0v) is 12.1. The summed E-state index contributed by atoms with van der Waals surface area (Å²) in [5.41, 5.74) is 2.80. The Balaban J connectivity index is 0.000000581. The van der Waals surface area contributed by atoms with E-state index in [9.17, 15) is 5.11 Å². The van der Waals surface area contributed by atoms with Crippen LogP contribution in [0.3, 0.4) is 0 Å². The average molecular weight is 236 g/mol. The van der Waals surface area contributed by atoms with E-state index < -0.39 is 0 Å². The Morgan fingerprint density at radius 1 is 1.06 bits per heavy atom. The predicted molar refractivity (Wildman–Crippen MR) is 76.6 cm³/mol. The van der Waals surface area contributed by atoms with Gasteiger partial charge in [0.05, 0.1) is 0 Å². The first-order valence-corrected chi connectivity index (χ1v) is 7.10. The molecular formula is C16H28O. The molecule has 1 unspecified atom stereocenters. The van der Waals surface area contributed by atoms with Crippen LogP contribution in [-0.2, 0) is 12.8 Å². The third-order valence-electron chi connectivity index (χ3n) is 2.90. The van der Waals surface area contributed by atoms with Gasteiger partial charge in [-0.15, -0.1) is 0 Å². The van der Waals surface area contributed by atoms with Crippen LogP contribution in [0, 0.1) is 5.92 Å². The molecule has 0 bridgehead atoms. The highest BCUT2D eigenvalue weighted by atomic mass is 16.3. The summed E-state index contributed by atoms with van der Waals surface area (Å²) < 4.78 is 0. The third-order valence-corrected chi connectivity index (χ3v) is 2.90. The second kappa shape index (κ2) is 9.09. The molecule has 2 rings (SSSR count). The van der Waals surface area contributed by atoms with Gasteiger partial charge in [0.15, 0.2) is 0 Å². The van der Waals surface area contributed by atoms with Crippen molar-refractivity contribution in [3.05, 3.63) is 29.3 Å². The summed E-state index contributed by atoms with van der Waals surface area (Å²) in [5, 5.41) is 9.31. The molecule has 0 amide bonds. The Bertz CT molecular complexity index is 304. The minimum absolute atomic E-state index is 0.413. The van der Waals surface area contributed by atoms with Crippen LogP contribution in [0.1, 0.15) is 58.6 Å². The first-order valence-electron chi connectivity index (χ1n) is 7.10. The molecule has 0 saturated carbocycles. The van der Waals surface area contributed by atoms with Gasteiger partial charge in [-0.05, 0) is 42.0 Å². The van der Waals surface area contributed by atoms with Crippen molar-refractivity contribution in [1.82, 2.24) is 0 Å². The quantitative estimate of drug-likeness (QED) is 0.769. The van der Waals surface area contributed by atoms with Crippen LogP contribution in [0.5, 0.6) is 5.75 Å². The minimum Gasteiger partial charge on any atom is -0.508 e. The Kier molecular flexibility index (Phi) is 8.57. The highest BCUT2D eigenvalue weighted by Gasteiger charge is 2.20. The molecule has 1 aliphatic carbocycles. The van der Waals surface area contributed by atoms with Crippen molar-refractivity contribution in [2.45, 2.75) is 60.3 Å². The SMILES string of the molecule is CC.CC.CCCC1Cc2ccc(O)cc2C1. The molecule has 17 heavy (non-hydrogen) atoms. The van der Waals surface area contributed by atoms with Crippen LogP contribution in [-0.4, -0.2) is 5.11 Å². The largest absolute Gasteiger partial charge is 0.508 e. The molecule has 1 N–H and O–H groups in total. The zero-order chi connectivity index (χ0) is 13.3. The number of benzene rings is 1. The Morgan fingerprint density at radius 3 is 2.24 bits per heavy atom. The topological polar surface area (TPSA) is 20.2 Å². The Labute approximate surface area is 107 Å². The van der Waals surface area contributed by atoms with E-state index >= 15 is 0 Å². The fraction of sp³-hybridized carbons (Fsp3) is 0.625. The third kappa shape index (κ3) is 4.80. The van der Waals surface area contributed by atoms with Crippen LogP contribution in [0.15, 0.2) is 18.2 Å². The van der Waals surface area contributed by atoms with Crippen molar-refractivity contribution in [3.8, 4) is 5.75 Å². The molecule has 0 fully saturated rings. The first kappa shape index (κ1) is 16.0. The van der Waals surface area contributed by atoms with Crippen molar-refractivity contribution >= 4 is 0 Å². The van der Waals surface area contributed by atoms with Crippen molar-refractivity contribution in [1.29, 1.82) is 0 Å². The van der Waals surface area contributed by atoms with E-state index in [4.69, 9.17) is 0 Å². The summed E-state index contributed by atoms with van der Waals surface area (Å²) in [4.78, 5) is 0. The van der Waals surface area contributed by atoms with Gasteiger partial charge in [0, 0.05) is 0 Å². The number of hydrogen-bond donors (Lipinski definition) is 1. The van der Waals surface area contributed by atoms with Gasteiger partial charge in [-0.1, -0.05) is 53.5 Å². The summed E-state index contributed by atoms with van der Waals surface area (Å²) >= 11 is 0. The second-order valence-electron chi connectivity index (χ2n) is 4.02. The van der Waals surface area contributed by atoms with E-state index in [1.165, 1.54) is 30.4 Å². The number of phenolic OH excluding ortho intramolecular Hbond substituents is 1. The fourth-order valence-corrected chi connectivity index (χ4v) is 2.31. The van der Waals surface area contributed by atoms with Gasteiger partial charge in [0.1, 0.15) is 5.75 Å². The lowest BCUT2D eigenvalue weighted by Gasteiger charge is -2.04. The smallest absolute Gasteiger partial charge is 0.115 e. The molecule has 98 valence electrons. The van der Waals surface area contributed by atoms with E-state index in [2.05, 4.69) is 13.0 Å². The fourth-order valence-electron chi connectivity index (χ4n) is 2.31. The molecule has 0 saturated heterocycles. The summed E-state index contributed by atoms with van der Waals surface area (Å²) in [6.07, 6.45) is 4.96. The maximum absolute atomic E-state index is 9.31. The summed E-state index contributed by atoms with van der Waals surface area (Å²) in [7, 11) is 0. The predicted octanol–water partition coefficient (Wildman–Crippen LogP) is 4.96. The molecule has 1 atom stereocenters. The van der Waals surface area contributed by atoms with Gasteiger partial charge in [-0.25, -0.2) is 0 Å². The highest BCUT2D eigenvalue weighted by molar-refractivity contribution is 5.38. The van der Waals surface area contributed by atoms with Gasteiger partial charge in [0.25, 0.3) is 0 Å². The zero-order valence-electron chi connectivity index (χ0n) is 12.1. The molecule has 1 nitrogen and oxygen atoms in total. The van der Waals surface area contributed by atoms with Gasteiger partial charge in [0.2, 0.25) is 0 Å². The van der Waals surface area contributed by atoms with Crippen LogP contribution < -0.4 is 0 Å². The molecule has 0 heterocycles. The summed E-state index contributed by atoms with van der Waals surface area (Å²) in [6.45, 7) is 10.2. The van der Waals surface area contributed by atoms with E-state index in [1.807, 2.05) is 33.8 Å². The van der Waals surface area contributed by atoms with Gasteiger partial charge < -0.3 is 5.11 Å². The van der Waals surface area contributed by atoms with Gasteiger partial charge in [-0.3, -0.25) is 0 Å². The van der Waals surface area contributed by atoms with E-state index in [0.717, 1.165) is 12.3 Å². The Hall–Kier alpha value is -0.980. The van der Waals surface area contributed by atoms with Crippen molar-refractivity contribution in [3.63, 3.8) is 0 Å². The van der Waals surface area contributed by atoms with E-state index in [-0.39, 0.29) is 0 Å². The Morgan fingerprint density at radius 2 is 1.65 bits per heavy atom. The minimum atomic E-state index is 0.413. The maximum atomic E-state index is 9.31. The number of aromatic hydroxyl groups is 1. The second-order valence-corrected chi connectivity index (χ2v) is 4.02. The lowest BCUT2D eigenvalue weighted by molar-refractivity contribution is 0.474. The summed E-state index contributed by atoms with van der Waals surface area (Å²) in [6, 6.07) is 5.79. The lowest BCUT2D eigenvalue weighted by atomic mass is 10.0. The number of phenols is 1. The molecule has 1 aromatic rings. The molecular weight excluding hydrogens is 208 g/mol. The van der Waals surface area contributed by atoms with Crippen LogP contribution >= 0.6 is 0 Å². The molecule has 0 aromatic heterocycles. The molecule has 1 heteroatoms. The van der Waals surface area contributed by atoms with Gasteiger partial charge in [-0.2, -0.15) is 0 Å². The molecule has 0 radical (unpaired) electrons. The van der Waals surface area contributed by atoms with E-state index in [0.29, 0.717) is 5.75 Å². The normalized spacial score (nSPS) is 16.2. The molecule has 1 aromatic carbocycles. The van der Waals surface area contributed by atoms with Crippen LogP contribution in [0.2, 0.25) is 0 Å². The number of fused-ring (bicyclic) bond motifs is 1. The first-order chi connectivity index (χ1) is 8.29. The standard InChI is InChI=1S/C12H16O.2C2H6/c1-2-3-9-6-10-4-5-12(13)8-11(10)7-9;2*1-2/h4-5,8-9,13H,2-3,6-7H2,1H3;2*1-2H3. The lowest BCUT2D eigenvalue weighted by Crippen LogP contribution is -1.97. The average Bonchev–Trinajstić information content (AvgIpc) is 2.76. The molecule has 0 aliphatic heterocycles. The molecule has 0 spiro atoms. The van der Waals surface area contributed by atoms with Crippen molar-refractivity contribution in [2.24, 2.45) is 5.92 Å². The number of hydrogen-bond acceptors (Lipinski definition) is 1. The summed E-state index contributed by atoms with van der Waals surface area (Å²) in [5.74, 6) is 1.23. The van der Waals surface area contributed by atoms with E-state index in [1.54, 1.807) is 6.07 Å². The van der Waals surface area contributed by atoms with Gasteiger partial charge >= 0.3 is 0 Å². The van der Waals surface area contributed by atoms with Crippen molar-refractivity contribution < 1.29 is 5.11 Å². The van der Waals surface area contributed by atoms with Crippen molar-refractivity contribution in [2.75, 3.05) is 0 Å². The number of rotatable bonds is 2. The van der Waals surface area contributed by atoms with Crippen LogP contribution in [0.25, 0.3) is 0 Å². The maximum Gasteiger partial charge on any atom is 0.115 e. The molecule has 1 aliphatic rings.